The van der Waals surface area contributed by atoms with E-state index >= 15 is 0 Å². The number of carbonyl (C=O) groups is 2. The molecule has 1 heterocycles. The summed E-state index contributed by atoms with van der Waals surface area (Å²) in [7, 11) is 1.86. The Kier molecular flexibility index (Phi) is 12.5. The van der Waals surface area contributed by atoms with Gasteiger partial charge in [-0.15, -0.1) is 24.8 Å². The standard InChI is InChI=1S/C16H30N4O2.2ClH/c1-17-8-7-16(22)20-11-9-19(10-12-20)13-15(21)18-14-5-3-2-4-6-14;;/h14,17H,2-13H2,1H3,(H,18,21);2*1H. The number of hydrogen-bond acceptors (Lipinski definition) is 4. The molecule has 0 spiro atoms. The van der Waals surface area contributed by atoms with Crippen LogP contribution in [0.4, 0.5) is 0 Å². The summed E-state index contributed by atoms with van der Waals surface area (Å²) < 4.78 is 0. The van der Waals surface area contributed by atoms with E-state index in [0.717, 1.165) is 45.6 Å². The van der Waals surface area contributed by atoms with Crippen LogP contribution in [0.1, 0.15) is 38.5 Å². The lowest BCUT2D eigenvalue weighted by Crippen LogP contribution is -2.52. The summed E-state index contributed by atoms with van der Waals surface area (Å²) in [6, 6.07) is 0.380. The van der Waals surface area contributed by atoms with Crippen LogP contribution in [0.2, 0.25) is 0 Å². The Morgan fingerprint density at radius 2 is 1.62 bits per heavy atom. The summed E-state index contributed by atoms with van der Waals surface area (Å²) in [5, 5.41) is 6.16. The third kappa shape index (κ3) is 8.01. The number of nitrogens with zero attached hydrogens (tertiary/aromatic N) is 2. The van der Waals surface area contributed by atoms with Gasteiger partial charge in [-0.1, -0.05) is 19.3 Å². The zero-order valence-electron chi connectivity index (χ0n) is 14.6. The minimum atomic E-state index is 0. The maximum Gasteiger partial charge on any atom is 0.234 e. The molecule has 1 aliphatic heterocycles. The van der Waals surface area contributed by atoms with Gasteiger partial charge < -0.3 is 15.5 Å². The van der Waals surface area contributed by atoms with Crippen molar-refractivity contribution >= 4 is 36.6 Å². The topological polar surface area (TPSA) is 64.7 Å². The molecule has 0 atom stereocenters. The molecule has 0 unspecified atom stereocenters. The molecular formula is C16H32Cl2N4O2. The average Bonchev–Trinajstić information content (AvgIpc) is 2.54. The van der Waals surface area contributed by atoms with Gasteiger partial charge in [-0.3, -0.25) is 14.5 Å². The number of piperazine rings is 1. The Morgan fingerprint density at radius 3 is 2.21 bits per heavy atom. The molecule has 6 nitrogen and oxygen atoms in total. The van der Waals surface area contributed by atoms with E-state index in [-0.39, 0.29) is 36.6 Å². The van der Waals surface area contributed by atoms with Gasteiger partial charge in [0.2, 0.25) is 11.8 Å². The maximum absolute atomic E-state index is 12.1. The van der Waals surface area contributed by atoms with Crippen molar-refractivity contribution in [3.8, 4) is 0 Å². The lowest BCUT2D eigenvalue weighted by molar-refractivity contribution is -0.133. The van der Waals surface area contributed by atoms with E-state index in [9.17, 15) is 9.59 Å². The summed E-state index contributed by atoms with van der Waals surface area (Å²) >= 11 is 0. The molecule has 0 bridgehead atoms. The smallest absolute Gasteiger partial charge is 0.234 e. The van der Waals surface area contributed by atoms with E-state index in [0.29, 0.717) is 19.0 Å². The highest BCUT2D eigenvalue weighted by Crippen LogP contribution is 2.17. The summed E-state index contributed by atoms with van der Waals surface area (Å²) in [6.07, 6.45) is 6.57. The minimum absolute atomic E-state index is 0. The van der Waals surface area contributed by atoms with Gasteiger partial charge in [0, 0.05) is 45.2 Å². The molecule has 2 aliphatic rings. The Bertz CT molecular complexity index is 371. The van der Waals surface area contributed by atoms with E-state index < -0.39 is 0 Å². The van der Waals surface area contributed by atoms with Crippen LogP contribution < -0.4 is 10.6 Å². The third-order valence-corrected chi connectivity index (χ3v) is 4.65. The summed E-state index contributed by atoms with van der Waals surface area (Å²) in [5.74, 6) is 0.350. The van der Waals surface area contributed by atoms with E-state index in [4.69, 9.17) is 0 Å². The van der Waals surface area contributed by atoms with Crippen LogP contribution in [-0.4, -0.2) is 74.0 Å². The van der Waals surface area contributed by atoms with Crippen LogP contribution in [0, 0.1) is 0 Å². The minimum Gasteiger partial charge on any atom is -0.352 e. The van der Waals surface area contributed by atoms with E-state index in [1.165, 1.54) is 19.3 Å². The molecule has 2 rings (SSSR count). The van der Waals surface area contributed by atoms with Crippen LogP contribution in [0.25, 0.3) is 0 Å². The molecule has 1 saturated carbocycles. The van der Waals surface area contributed by atoms with Crippen LogP contribution >= 0.6 is 24.8 Å². The molecule has 0 aromatic heterocycles. The van der Waals surface area contributed by atoms with Gasteiger partial charge in [0.1, 0.15) is 0 Å². The van der Waals surface area contributed by atoms with Crippen molar-refractivity contribution in [1.29, 1.82) is 0 Å². The molecular weight excluding hydrogens is 351 g/mol. The van der Waals surface area contributed by atoms with Crippen LogP contribution in [-0.2, 0) is 9.59 Å². The summed E-state index contributed by atoms with van der Waals surface area (Å²) in [4.78, 5) is 28.1. The van der Waals surface area contributed by atoms with Gasteiger partial charge in [0.05, 0.1) is 6.54 Å². The Hall–Kier alpha value is -0.560. The molecule has 2 amide bonds. The van der Waals surface area contributed by atoms with Crippen molar-refractivity contribution in [2.45, 2.75) is 44.6 Å². The second-order valence-corrected chi connectivity index (χ2v) is 6.41. The van der Waals surface area contributed by atoms with E-state index in [2.05, 4.69) is 15.5 Å². The highest BCUT2D eigenvalue weighted by Gasteiger charge is 2.23. The second kappa shape index (κ2) is 12.8. The number of halogens is 2. The van der Waals surface area contributed by atoms with E-state index in [1.807, 2.05) is 11.9 Å². The highest BCUT2D eigenvalue weighted by molar-refractivity contribution is 5.85. The zero-order chi connectivity index (χ0) is 15.8. The molecule has 0 radical (unpaired) electrons. The average molecular weight is 383 g/mol. The van der Waals surface area contributed by atoms with E-state index in [1.54, 1.807) is 0 Å². The van der Waals surface area contributed by atoms with Crippen LogP contribution in [0.5, 0.6) is 0 Å². The molecule has 142 valence electrons. The molecule has 0 aromatic carbocycles. The van der Waals surface area contributed by atoms with Crippen molar-refractivity contribution in [3.63, 3.8) is 0 Å². The third-order valence-electron chi connectivity index (χ3n) is 4.65. The van der Waals surface area contributed by atoms with Crippen molar-refractivity contribution in [2.24, 2.45) is 0 Å². The first-order chi connectivity index (χ1) is 10.7. The molecule has 24 heavy (non-hydrogen) atoms. The van der Waals surface area contributed by atoms with Gasteiger partial charge >= 0.3 is 0 Å². The van der Waals surface area contributed by atoms with Crippen molar-refractivity contribution in [2.75, 3.05) is 46.3 Å². The molecule has 2 N–H and O–H groups in total. The predicted molar refractivity (Wildman–Crippen MR) is 101 cm³/mol. The normalized spacial score (nSPS) is 19.1. The first-order valence-corrected chi connectivity index (χ1v) is 8.63. The van der Waals surface area contributed by atoms with Gasteiger partial charge in [0.25, 0.3) is 0 Å². The Balaban J connectivity index is 0.00000264. The van der Waals surface area contributed by atoms with Crippen molar-refractivity contribution < 1.29 is 9.59 Å². The van der Waals surface area contributed by atoms with Crippen molar-refractivity contribution in [3.05, 3.63) is 0 Å². The predicted octanol–water partition coefficient (Wildman–Crippen LogP) is 1.03. The van der Waals surface area contributed by atoms with Crippen molar-refractivity contribution in [1.82, 2.24) is 20.4 Å². The second-order valence-electron chi connectivity index (χ2n) is 6.41. The first-order valence-electron chi connectivity index (χ1n) is 8.63. The molecule has 1 aliphatic carbocycles. The SMILES string of the molecule is CNCCC(=O)N1CCN(CC(=O)NC2CCCCC2)CC1.Cl.Cl. The fraction of sp³-hybridized carbons (Fsp3) is 0.875. The van der Waals surface area contributed by atoms with Crippen LogP contribution in [0.3, 0.4) is 0 Å². The molecule has 1 saturated heterocycles. The lowest BCUT2D eigenvalue weighted by atomic mass is 9.95. The first kappa shape index (κ1) is 23.4. The monoisotopic (exact) mass is 382 g/mol. The number of hydrogen-bond donors (Lipinski definition) is 2. The number of amides is 2. The zero-order valence-corrected chi connectivity index (χ0v) is 16.2. The van der Waals surface area contributed by atoms with Gasteiger partial charge in [-0.2, -0.15) is 0 Å². The van der Waals surface area contributed by atoms with Gasteiger partial charge in [0.15, 0.2) is 0 Å². The summed E-state index contributed by atoms with van der Waals surface area (Å²) in [5.41, 5.74) is 0. The number of nitrogens with one attached hydrogen (secondary N) is 2. The molecule has 2 fully saturated rings. The van der Waals surface area contributed by atoms with Gasteiger partial charge in [-0.05, 0) is 19.9 Å². The highest BCUT2D eigenvalue weighted by atomic mass is 35.5. The Labute approximate surface area is 157 Å². The quantitative estimate of drug-likeness (QED) is 0.719. The largest absolute Gasteiger partial charge is 0.352 e. The fourth-order valence-corrected chi connectivity index (χ4v) is 3.27. The fourth-order valence-electron chi connectivity index (χ4n) is 3.27. The molecule has 8 heteroatoms. The number of carbonyl (C=O) groups excluding carboxylic acids is 2. The lowest BCUT2D eigenvalue weighted by Gasteiger charge is -2.34. The summed E-state index contributed by atoms with van der Waals surface area (Å²) in [6.45, 7) is 4.25. The van der Waals surface area contributed by atoms with Gasteiger partial charge in [-0.25, -0.2) is 0 Å². The Morgan fingerprint density at radius 1 is 1.00 bits per heavy atom. The van der Waals surface area contributed by atoms with Crippen LogP contribution in [0.15, 0.2) is 0 Å². The maximum atomic E-state index is 12.1. The molecule has 0 aromatic rings. The number of rotatable bonds is 6.